The number of halogens is 2. The number of ether oxygens (including phenoxy) is 2. The number of carbonyl (C=O) groups is 1. The fraction of sp³-hybridized carbons (Fsp3) is 0.500. The second-order valence-corrected chi connectivity index (χ2v) is 6.57. The van der Waals surface area contributed by atoms with Crippen molar-refractivity contribution in [2.45, 2.75) is 30.6 Å². The average molecular weight is 350 g/mol. The standard InChI is InChI=1S/C14H16F2O6S/c15-14(16,23(18,19)20)13(17)3-1-2-8-21-11-6-4-10(5-7-11)12-9-22-12/h4-7,12H,1-3,8-9H2,(H,18,19,20). The Labute approximate surface area is 132 Å². The van der Waals surface area contributed by atoms with Crippen LogP contribution in [0.4, 0.5) is 8.78 Å². The summed E-state index contributed by atoms with van der Waals surface area (Å²) in [5.41, 5.74) is 1.05. The van der Waals surface area contributed by atoms with Gasteiger partial charge in [-0.2, -0.15) is 17.2 Å². The minimum Gasteiger partial charge on any atom is -0.494 e. The number of Topliss-reactive ketones (excluding diaryl/α,β-unsaturated/α-hetero) is 1. The molecule has 1 saturated heterocycles. The monoisotopic (exact) mass is 350 g/mol. The fourth-order valence-electron chi connectivity index (χ4n) is 1.89. The molecule has 0 bridgehead atoms. The number of unbranched alkanes of at least 4 members (excludes halogenated alkanes) is 1. The first-order chi connectivity index (χ1) is 10.7. The minimum absolute atomic E-state index is 0.0257. The summed E-state index contributed by atoms with van der Waals surface area (Å²) < 4.78 is 65.6. The lowest BCUT2D eigenvalue weighted by molar-refractivity contribution is -0.133. The van der Waals surface area contributed by atoms with Crippen molar-refractivity contribution in [1.29, 1.82) is 0 Å². The third-order valence-corrected chi connectivity index (χ3v) is 4.18. The van der Waals surface area contributed by atoms with Crippen molar-refractivity contribution in [2.24, 2.45) is 0 Å². The molecule has 1 aromatic rings. The van der Waals surface area contributed by atoms with Crippen LogP contribution in [0, 0.1) is 0 Å². The number of hydrogen-bond acceptors (Lipinski definition) is 5. The van der Waals surface area contributed by atoms with Gasteiger partial charge in [-0.3, -0.25) is 9.35 Å². The molecule has 0 spiro atoms. The van der Waals surface area contributed by atoms with Crippen molar-refractivity contribution in [1.82, 2.24) is 0 Å². The second-order valence-electron chi connectivity index (χ2n) is 5.11. The molecule has 0 radical (unpaired) electrons. The van der Waals surface area contributed by atoms with E-state index in [1.165, 1.54) is 0 Å². The van der Waals surface area contributed by atoms with Crippen LogP contribution in [-0.2, 0) is 19.6 Å². The summed E-state index contributed by atoms with van der Waals surface area (Å²) in [4.78, 5) is 11.1. The van der Waals surface area contributed by atoms with Gasteiger partial charge in [-0.15, -0.1) is 0 Å². The van der Waals surface area contributed by atoms with Crippen LogP contribution in [0.2, 0.25) is 0 Å². The maximum absolute atomic E-state index is 13.0. The molecule has 1 aromatic carbocycles. The Morgan fingerprint density at radius 3 is 2.43 bits per heavy atom. The topological polar surface area (TPSA) is 93.2 Å². The predicted molar refractivity (Wildman–Crippen MR) is 76.0 cm³/mol. The van der Waals surface area contributed by atoms with Crippen molar-refractivity contribution in [2.75, 3.05) is 13.2 Å². The third kappa shape index (κ3) is 4.69. The van der Waals surface area contributed by atoms with Gasteiger partial charge in [-0.1, -0.05) is 12.1 Å². The number of epoxide rings is 1. The molecule has 23 heavy (non-hydrogen) atoms. The molecular weight excluding hydrogens is 334 g/mol. The maximum atomic E-state index is 13.0. The van der Waals surface area contributed by atoms with Crippen molar-refractivity contribution >= 4 is 15.9 Å². The number of carbonyl (C=O) groups excluding carboxylic acids is 1. The first kappa shape index (κ1) is 17.8. The van der Waals surface area contributed by atoms with E-state index in [0.29, 0.717) is 18.8 Å². The van der Waals surface area contributed by atoms with Crippen LogP contribution < -0.4 is 4.74 Å². The van der Waals surface area contributed by atoms with Crippen LogP contribution >= 0.6 is 0 Å². The summed E-state index contributed by atoms with van der Waals surface area (Å²) in [6.07, 6.45) is -0.188. The van der Waals surface area contributed by atoms with Gasteiger partial charge in [0.05, 0.1) is 13.2 Å². The number of ketones is 1. The second kappa shape index (κ2) is 6.90. The molecule has 0 aliphatic carbocycles. The summed E-state index contributed by atoms with van der Waals surface area (Å²) in [5, 5.41) is -4.76. The van der Waals surface area contributed by atoms with E-state index in [9.17, 15) is 22.0 Å². The van der Waals surface area contributed by atoms with Crippen molar-refractivity contribution in [3.8, 4) is 5.75 Å². The molecule has 0 saturated carbocycles. The van der Waals surface area contributed by atoms with Gasteiger partial charge in [-0.25, -0.2) is 0 Å². The lowest BCUT2D eigenvalue weighted by Crippen LogP contribution is -2.37. The number of alkyl halides is 2. The first-order valence-electron chi connectivity index (χ1n) is 6.94. The van der Waals surface area contributed by atoms with E-state index in [1.54, 1.807) is 12.1 Å². The Balaban J connectivity index is 1.68. The summed E-state index contributed by atoms with van der Waals surface area (Å²) in [7, 11) is -5.72. The fourth-order valence-corrected chi connectivity index (χ4v) is 2.28. The molecule has 1 aliphatic heterocycles. The van der Waals surface area contributed by atoms with E-state index in [4.69, 9.17) is 14.0 Å². The van der Waals surface area contributed by atoms with Crippen LogP contribution in [0.25, 0.3) is 0 Å². The zero-order valence-electron chi connectivity index (χ0n) is 12.1. The first-order valence-corrected chi connectivity index (χ1v) is 8.38. The Morgan fingerprint density at radius 2 is 1.91 bits per heavy atom. The van der Waals surface area contributed by atoms with E-state index in [1.807, 2.05) is 12.1 Å². The highest BCUT2D eigenvalue weighted by Crippen LogP contribution is 2.30. The zero-order chi connectivity index (χ0) is 17.1. The van der Waals surface area contributed by atoms with Crippen molar-refractivity contribution in [3.63, 3.8) is 0 Å². The van der Waals surface area contributed by atoms with Gasteiger partial charge < -0.3 is 9.47 Å². The van der Waals surface area contributed by atoms with E-state index >= 15 is 0 Å². The predicted octanol–water partition coefficient (Wildman–Crippen LogP) is 2.36. The highest BCUT2D eigenvalue weighted by molar-refractivity contribution is 7.87. The van der Waals surface area contributed by atoms with Gasteiger partial charge in [0.25, 0.3) is 0 Å². The van der Waals surface area contributed by atoms with E-state index in [-0.39, 0.29) is 19.1 Å². The Hall–Kier alpha value is -1.58. The maximum Gasteiger partial charge on any atom is 0.426 e. The Morgan fingerprint density at radius 1 is 1.30 bits per heavy atom. The molecule has 9 heteroatoms. The largest absolute Gasteiger partial charge is 0.494 e. The van der Waals surface area contributed by atoms with E-state index in [2.05, 4.69) is 0 Å². The average Bonchev–Trinajstić information content (AvgIpc) is 3.30. The van der Waals surface area contributed by atoms with Crippen LogP contribution in [0.5, 0.6) is 5.75 Å². The molecular formula is C14H16F2O6S. The summed E-state index contributed by atoms with van der Waals surface area (Å²) in [6, 6.07) is 7.25. The molecule has 1 heterocycles. The summed E-state index contributed by atoms with van der Waals surface area (Å²) in [5.74, 6) is -1.22. The molecule has 0 amide bonds. The molecule has 1 aliphatic rings. The minimum atomic E-state index is -5.72. The summed E-state index contributed by atoms with van der Waals surface area (Å²) >= 11 is 0. The molecule has 0 aromatic heterocycles. The van der Waals surface area contributed by atoms with E-state index in [0.717, 1.165) is 5.56 Å². The molecule has 1 atom stereocenters. The van der Waals surface area contributed by atoms with Gasteiger partial charge in [-0.05, 0) is 30.5 Å². The summed E-state index contributed by atoms with van der Waals surface area (Å²) in [6.45, 7) is 0.909. The molecule has 1 unspecified atom stereocenters. The molecule has 128 valence electrons. The highest BCUT2D eigenvalue weighted by Gasteiger charge is 2.50. The van der Waals surface area contributed by atoms with Crippen molar-refractivity contribution in [3.05, 3.63) is 29.8 Å². The number of rotatable bonds is 9. The molecule has 2 rings (SSSR count). The third-order valence-electron chi connectivity index (χ3n) is 3.30. The zero-order valence-corrected chi connectivity index (χ0v) is 12.9. The highest BCUT2D eigenvalue weighted by atomic mass is 32.2. The number of benzene rings is 1. The molecule has 1 N–H and O–H groups in total. The van der Waals surface area contributed by atoms with Crippen LogP contribution in [0.15, 0.2) is 24.3 Å². The quantitative estimate of drug-likeness (QED) is 0.417. The van der Waals surface area contributed by atoms with Gasteiger partial charge in [0.1, 0.15) is 11.9 Å². The van der Waals surface area contributed by atoms with Crippen molar-refractivity contribution < 1.29 is 36.0 Å². The van der Waals surface area contributed by atoms with Crippen LogP contribution in [0.3, 0.4) is 0 Å². The van der Waals surface area contributed by atoms with Gasteiger partial charge >= 0.3 is 15.4 Å². The lowest BCUT2D eigenvalue weighted by Gasteiger charge is -2.11. The van der Waals surface area contributed by atoms with Gasteiger partial charge in [0, 0.05) is 6.42 Å². The van der Waals surface area contributed by atoms with Gasteiger partial charge in [0.15, 0.2) is 0 Å². The lowest BCUT2D eigenvalue weighted by atomic mass is 10.1. The molecule has 1 fully saturated rings. The van der Waals surface area contributed by atoms with Gasteiger partial charge in [0.2, 0.25) is 5.78 Å². The van der Waals surface area contributed by atoms with E-state index < -0.39 is 27.6 Å². The Kier molecular flexibility index (Phi) is 5.33. The Bertz CT molecular complexity index is 652. The number of hydrogen-bond donors (Lipinski definition) is 1. The normalized spacial score (nSPS) is 17.8. The van der Waals surface area contributed by atoms with Crippen LogP contribution in [-0.4, -0.2) is 37.2 Å². The SMILES string of the molecule is O=C(CCCCOc1ccc(C2CO2)cc1)C(F)(F)S(=O)(=O)O. The van der Waals surface area contributed by atoms with Crippen LogP contribution in [0.1, 0.15) is 30.9 Å². The smallest absolute Gasteiger partial charge is 0.426 e. The molecule has 6 nitrogen and oxygen atoms in total.